The van der Waals surface area contributed by atoms with Crippen molar-refractivity contribution in [3.05, 3.63) is 63.9 Å². The molecule has 0 atom stereocenters. The third kappa shape index (κ3) is 3.52. The van der Waals surface area contributed by atoms with Crippen LogP contribution >= 0.6 is 11.6 Å². The van der Waals surface area contributed by atoms with Crippen molar-refractivity contribution in [2.24, 2.45) is 0 Å². The molecule has 0 saturated carbocycles. The van der Waals surface area contributed by atoms with Gasteiger partial charge in [-0.25, -0.2) is 4.39 Å². The summed E-state index contributed by atoms with van der Waals surface area (Å²) in [5.74, 6) is -0.663. The van der Waals surface area contributed by atoms with E-state index in [1.54, 1.807) is 44.3 Å². The molecule has 0 aliphatic carbocycles. The lowest BCUT2D eigenvalue weighted by atomic mass is 10.1. The maximum absolute atomic E-state index is 13.5. The molecule has 2 aromatic rings. The Morgan fingerprint density at radius 1 is 1.29 bits per heavy atom. The summed E-state index contributed by atoms with van der Waals surface area (Å²) < 4.78 is 13.5. The molecule has 5 heteroatoms. The van der Waals surface area contributed by atoms with Gasteiger partial charge in [0, 0.05) is 29.9 Å². The average molecular weight is 307 g/mol. The van der Waals surface area contributed by atoms with Gasteiger partial charge in [0.2, 0.25) is 0 Å². The fourth-order valence-electron chi connectivity index (χ4n) is 1.99. The maximum atomic E-state index is 13.5. The molecule has 0 aliphatic heterocycles. The lowest BCUT2D eigenvalue weighted by Gasteiger charge is -2.18. The quantitative estimate of drug-likeness (QED) is 0.880. The van der Waals surface area contributed by atoms with E-state index >= 15 is 0 Å². The van der Waals surface area contributed by atoms with Gasteiger partial charge in [-0.1, -0.05) is 17.7 Å². The molecule has 0 bridgehead atoms. The standard InChI is InChI=1S/C16H16ClFN2O/c1-10-3-4-11(8-15(10)18)16(21)20(2)9-12-7-13(19)5-6-14(12)17/h3-8H,9,19H2,1-2H3. The van der Waals surface area contributed by atoms with Crippen molar-refractivity contribution >= 4 is 23.2 Å². The van der Waals surface area contributed by atoms with Gasteiger partial charge in [-0.3, -0.25) is 4.79 Å². The molecule has 0 aromatic heterocycles. The van der Waals surface area contributed by atoms with Gasteiger partial charge >= 0.3 is 0 Å². The molecule has 0 fully saturated rings. The first-order chi connectivity index (χ1) is 9.88. The molecule has 2 rings (SSSR count). The number of hydrogen-bond donors (Lipinski definition) is 1. The Balaban J connectivity index is 2.19. The van der Waals surface area contributed by atoms with Gasteiger partial charge in [0.05, 0.1) is 0 Å². The van der Waals surface area contributed by atoms with E-state index in [1.165, 1.54) is 11.0 Å². The molecule has 21 heavy (non-hydrogen) atoms. The van der Waals surface area contributed by atoms with Crippen molar-refractivity contribution in [1.29, 1.82) is 0 Å². The van der Waals surface area contributed by atoms with Gasteiger partial charge in [-0.15, -0.1) is 0 Å². The molecule has 0 spiro atoms. The van der Waals surface area contributed by atoms with E-state index in [1.807, 2.05) is 0 Å². The number of carbonyl (C=O) groups is 1. The molecule has 0 saturated heterocycles. The summed E-state index contributed by atoms with van der Waals surface area (Å²) in [6, 6.07) is 9.55. The SMILES string of the molecule is Cc1ccc(C(=O)N(C)Cc2cc(N)ccc2Cl)cc1F. The number of carbonyl (C=O) groups excluding carboxylic acids is 1. The van der Waals surface area contributed by atoms with E-state index in [0.29, 0.717) is 28.4 Å². The highest BCUT2D eigenvalue weighted by atomic mass is 35.5. The summed E-state index contributed by atoms with van der Waals surface area (Å²) in [4.78, 5) is 13.8. The number of aryl methyl sites for hydroxylation is 1. The number of hydrogen-bond acceptors (Lipinski definition) is 2. The zero-order chi connectivity index (χ0) is 15.6. The minimum Gasteiger partial charge on any atom is -0.399 e. The van der Waals surface area contributed by atoms with E-state index in [9.17, 15) is 9.18 Å². The number of nitrogen functional groups attached to an aromatic ring is 1. The lowest BCUT2D eigenvalue weighted by Crippen LogP contribution is -2.26. The Bertz CT molecular complexity index is 688. The number of nitrogens with two attached hydrogens (primary N) is 1. The summed E-state index contributed by atoms with van der Waals surface area (Å²) in [5.41, 5.74) is 7.86. The molecule has 0 radical (unpaired) electrons. The number of benzene rings is 2. The van der Waals surface area contributed by atoms with E-state index < -0.39 is 5.82 Å². The highest BCUT2D eigenvalue weighted by Gasteiger charge is 2.15. The highest BCUT2D eigenvalue weighted by Crippen LogP contribution is 2.21. The van der Waals surface area contributed by atoms with Gasteiger partial charge in [0.15, 0.2) is 0 Å². The van der Waals surface area contributed by atoms with Gasteiger partial charge in [0.1, 0.15) is 5.82 Å². The van der Waals surface area contributed by atoms with Crippen LogP contribution in [0.2, 0.25) is 5.02 Å². The van der Waals surface area contributed by atoms with Crippen LogP contribution in [0.5, 0.6) is 0 Å². The van der Waals surface area contributed by atoms with Gasteiger partial charge in [-0.2, -0.15) is 0 Å². The number of anilines is 1. The second kappa shape index (κ2) is 6.14. The third-order valence-electron chi connectivity index (χ3n) is 3.24. The second-order valence-corrected chi connectivity index (χ2v) is 5.38. The summed E-state index contributed by atoms with van der Waals surface area (Å²) in [7, 11) is 1.64. The minimum absolute atomic E-state index is 0.271. The molecule has 2 aromatic carbocycles. The van der Waals surface area contributed by atoms with Crippen LogP contribution in [-0.4, -0.2) is 17.9 Å². The molecule has 2 N–H and O–H groups in total. The average Bonchev–Trinajstić information content (AvgIpc) is 2.45. The van der Waals surface area contributed by atoms with Crippen LogP contribution in [-0.2, 0) is 6.54 Å². The Kier molecular flexibility index (Phi) is 4.48. The molecule has 1 amide bonds. The summed E-state index contributed by atoms with van der Waals surface area (Å²) in [6.45, 7) is 1.96. The van der Waals surface area contributed by atoms with Crippen molar-refractivity contribution in [2.75, 3.05) is 12.8 Å². The maximum Gasteiger partial charge on any atom is 0.253 e. The predicted molar refractivity (Wildman–Crippen MR) is 82.8 cm³/mol. The van der Waals surface area contributed by atoms with Crippen LogP contribution in [0.25, 0.3) is 0 Å². The Labute approximate surface area is 128 Å². The fourth-order valence-corrected chi connectivity index (χ4v) is 2.17. The minimum atomic E-state index is -0.392. The first-order valence-corrected chi connectivity index (χ1v) is 6.82. The topological polar surface area (TPSA) is 46.3 Å². The summed E-state index contributed by atoms with van der Waals surface area (Å²) in [6.07, 6.45) is 0. The van der Waals surface area contributed by atoms with E-state index in [4.69, 9.17) is 17.3 Å². The molecule has 0 heterocycles. The third-order valence-corrected chi connectivity index (χ3v) is 3.61. The Morgan fingerprint density at radius 2 is 2.00 bits per heavy atom. The Morgan fingerprint density at radius 3 is 2.67 bits per heavy atom. The smallest absolute Gasteiger partial charge is 0.253 e. The normalized spacial score (nSPS) is 10.5. The van der Waals surface area contributed by atoms with Crippen LogP contribution in [0, 0.1) is 12.7 Å². The zero-order valence-electron chi connectivity index (χ0n) is 11.9. The summed E-state index contributed by atoms with van der Waals surface area (Å²) >= 11 is 6.08. The number of amides is 1. The van der Waals surface area contributed by atoms with Crippen LogP contribution in [0.15, 0.2) is 36.4 Å². The number of halogens is 2. The number of rotatable bonds is 3. The highest BCUT2D eigenvalue weighted by molar-refractivity contribution is 6.31. The van der Waals surface area contributed by atoms with Crippen LogP contribution < -0.4 is 5.73 Å². The first-order valence-electron chi connectivity index (χ1n) is 6.44. The second-order valence-electron chi connectivity index (χ2n) is 4.98. The van der Waals surface area contributed by atoms with Crippen LogP contribution in [0.3, 0.4) is 0 Å². The van der Waals surface area contributed by atoms with Crippen molar-refractivity contribution < 1.29 is 9.18 Å². The molecule has 0 aliphatic rings. The van der Waals surface area contributed by atoms with Gasteiger partial charge in [0.25, 0.3) is 5.91 Å². The van der Waals surface area contributed by atoms with Crippen molar-refractivity contribution in [2.45, 2.75) is 13.5 Å². The fraction of sp³-hybridized carbons (Fsp3) is 0.188. The van der Waals surface area contributed by atoms with E-state index in [2.05, 4.69) is 0 Å². The largest absolute Gasteiger partial charge is 0.399 e. The molecule has 110 valence electrons. The van der Waals surface area contributed by atoms with Gasteiger partial charge < -0.3 is 10.6 Å². The Hall–Kier alpha value is -2.07. The predicted octanol–water partition coefficient (Wildman–Crippen LogP) is 3.64. The first kappa shape index (κ1) is 15.3. The number of nitrogens with zero attached hydrogens (tertiary/aromatic N) is 1. The van der Waals surface area contributed by atoms with Gasteiger partial charge in [-0.05, 0) is 48.4 Å². The van der Waals surface area contributed by atoms with E-state index in [0.717, 1.165) is 5.56 Å². The monoisotopic (exact) mass is 306 g/mol. The van der Waals surface area contributed by atoms with Crippen molar-refractivity contribution in [3.63, 3.8) is 0 Å². The molecule has 0 unspecified atom stereocenters. The summed E-state index contributed by atoms with van der Waals surface area (Å²) in [5, 5.41) is 0.541. The van der Waals surface area contributed by atoms with Crippen molar-refractivity contribution in [3.8, 4) is 0 Å². The molecular weight excluding hydrogens is 291 g/mol. The van der Waals surface area contributed by atoms with Crippen molar-refractivity contribution in [1.82, 2.24) is 4.90 Å². The zero-order valence-corrected chi connectivity index (χ0v) is 12.6. The van der Waals surface area contributed by atoms with E-state index in [-0.39, 0.29) is 5.91 Å². The molecular formula is C16H16ClFN2O. The van der Waals surface area contributed by atoms with Crippen LogP contribution in [0.1, 0.15) is 21.5 Å². The molecule has 3 nitrogen and oxygen atoms in total. The van der Waals surface area contributed by atoms with Crippen LogP contribution in [0.4, 0.5) is 10.1 Å². The lowest BCUT2D eigenvalue weighted by molar-refractivity contribution is 0.0784.